The van der Waals surface area contributed by atoms with Gasteiger partial charge in [-0.15, -0.1) is 0 Å². The van der Waals surface area contributed by atoms with Gasteiger partial charge in [-0.3, -0.25) is 4.68 Å². The van der Waals surface area contributed by atoms with Crippen molar-refractivity contribution in [2.75, 3.05) is 0 Å². The number of aryl methyl sites for hydroxylation is 2. The summed E-state index contributed by atoms with van der Waals surface area (Å²) in [5.41, 5.74) is 9.48. The Morgan fingerprint density at radius 3 is 2.53 bits per heavy atom. The lowest BCUT2D eigenvalue weighted by molar-refractivity contribution is 0.464. The molecule has 1 heterocycles. The predicted molar refractivity (Wildman–Crippen MR) is 82.0 cm³/mol. The second kappa shape index (κ2) is 5.47. The van der Waals surface area contributed by atoms with Gasteiger partial charge in [-0.2, -0.15) is 5.10 Å². The number of hydrogen-bond donors (Lipinski definition) is 1. The van der Waals surface area contributed by atoms with E-state index in [4.69, 9.17) is 5.73 Å². The average Bonchev–Trinajstić information content (AvgIpc) is 2.69. The fourth-order valence-electron chi connectivity index (χ4n) is 2.32. The van der Waals surface area contributed by atoms with Crippen LogP contribution in [0.15, 0.2) is 34.8 Å². The fraction of sp³-hybridized carbons (Fsp3) is 0.400. The molecule has 19 heavy (non-hydrogen) atoms. The summed E-state index contributed by atoms with van der Waals surface area (Å²) in [6, 6.07) is 10.3. The number of aromatic nitrogens is 2. The summed E-state index contributed by atoms with van der Waals surface area (Å²) in [5.74, 6) is 0. The smallest absolute Gasteiger partial charge is 0.0596 e. The van der Waals surface area contributed by atoms with E-state index in [1.54, 1.807) is 0 Å². The highest BCUT2D eigenvalue weighted by Crippen LogP contribution is 2.24. The molecule has 0 aliphatic rings. The van der Waals surface area contributed by atoms with Crippen molar-refractivity contribution in [3.63, 3.8) is 0 Å². The fourth-order valence-corrected chi connectivity index (χ4v) is 2.59. The Kier molecular flexibility index (Phi) is 4.11. The monoisotopic (exact) mass is 321 g/mol. The highest BCUT2D eigenvalue weighted by atomic mass is 79.9. The highest BCUT2D eigenvalue weighted by molar-refractivity contribution is 9.10. The van der Waals surface area contributed by atoms with Crippen LogP contribution in [0.4, 0.5) is 0 Å². The lowest BCUT2D eigenvalue weighted by Gasteiger charge is -2.25. The molecule has 3 nitrogen and oxygen atoms in total. The van der Waals surface area contributed by atoms with E-state index in [2.05, 4.69) is 53.1 Å². The first kappa shape index (κ1) is 14.3. The Morgan fingerprint density at radius 1 is 1.32 bits per heavy atom. The maximum absolute atomic E-state index is 6.50. The van der Waals surface area contributed by atoms with Crippen LogP contribution >= 0.6 is 15.9 Å². The maximum Gasteiger partial charge on any atom is 0.0596 e. The zero-order valence-electron chi connectivity index (χ0n) is 11.7. The van der Waals surface area contributed by atoms with Crippen molar-refractivity contribution in [1.29, 1.82) is 0 Å². The van der Waals surface area contributed by atoms with Crippen LogP contribution in [0.5, 0.6) is 0 Å². The number of hydrogen-bond acceptors (Lipinski definition) is 2. The molecule has 4 heteroatoms. The van der Waals surface area contributed by atoms with Gasteiger partial charge in [0.1, 0.15) is 0 Å². The first-order valence-corrected chi connectivity index (χ1v) is 7.30. The average molecular weight is 322 g/mol. The molecule has 2 N–H and O–H groups in total. The van der Waals surface area contributed by atoms with Crippen molar-refractivity contribution in [3.05, 3.63) is 51.8 Å². The molecule has 1 aromatic heterocycles. The Balaban J connectivity index is 2.27. The number of benzene rings is 1. The summed E-state index contributed by atoms with van der Waals surface area (Å²) >= 11 is 3.45. The molecular weight excluding hydrogens is 302 g/mol. The van der Waals surface area contributed by atoms with Crippen LogP contribution in [0, 0.1) is 6.92 Å². The van der Waals surface area contributed by atoms with Crippen LogP contribution in [0.2, 0.25) is 0 Å². The zero-order chi connectivity index (χ0) is 14.0. The van der Waals surface area contributed by atoms with Crippen molar-refractivity contribution in [2.45, 2.75) is 39.3 Å². The first-order valence-electron chi connectivity index (χ1n) is 6.50. The molecule has 1 unspecified atom stereocenters. The van der Waals surface area contributed by atoms with Crippen molar-refractivity contribution in [1.82, 2.24) is 9.78 Å². The molecule has 0 aliphatic carbocycles. The topological polar surface area (TPSA) is 43.8 Å². The minimum absolute atomic E-state index is 0.389. The standard InChI is InChI=1S/C15H20BrN3/c1-4-19-14(9-11(2)18-19)10-15(3,17)12-5-7-13(16)8-6-12/h5-9H,4,10,17H2,1-3H3. The van der Waals surface area contributed by atoms with Gasteiger partial charge in [0.2, 0.25) is 0 Å². The van der Waals surface area contributed by atoms with Gasteiger partial charge in [-0.05, 0) is 44.5 Å². The van der Waals surface area contributed by atoms with Crippen LogP contribution in [0.1, 0.15) is 30.8 Å². The maximum atomic E-state index is 6.50. The van der Waals surface area contributed by atoms with Crippen LogP contribution in [0.25, 0.3) is 0 Å². The van der Waals surface area contributed by atoms with E-state index in [0.717, 1.165) is 28.7 Å². The van der Waals surface area contributed by atoms with Gasteiger partial charge in [0.25, 0.3) is 0 Å². The molecule has 0 fully saturated rings. The van der Waals surface area contributed by atoms with Gasteiger partial charge in [0.15, 0.2) is 0 Å². The minimum Gasteiger partial charge on any atom is -0.321 e. The van der Waals surface area contributed by atoms with Gasteiger partial charge in [0.05, 0.1) is 5.69 Å². The zero-order valence-corrected chi connectivity index (χ0v) is 13.2. The second-order valence-corrected chi connectivity index (χ2v) is 6.11. The van der Waals surface area contributed by atoms with Gasteiger partial charge in [-0.1, -0.05) is 28.1 Å². The summed E-state index contributed by atoms with van der Waals surface area (Å²) in [6.45, 7) is 7.06. The van der Waals surface area contributed by atoms with Crippen LogP contribution in [-0.4, -0.2) is 9.78 Å². The van der Waals surface area contributed by atoms with E-state index in [0.29, 0.717) is 0 Å². The van der Waals surface area contributed by atoms with E-state index >= 15 is 0 Å². The van der Waals surface area contributed by atoms with Gasteiger partial charge >= 0.3 is 0 Å². The summed E-state index contributed by atoms with van der Waals surface area (Å²) in [4.78, 5) is 0. The molecule has 0 saturated carbocycles. The van der Waals surface area contributed by atoms with Crippen molar-refractivity contribution in [2.24, 2.45) is 5.73 Å². The van der Waals surface area contributed by atoms with E-state index in [9.17, 15) is 0 Å². The van der Waals surface area contributed by atoms with Gasteiger partial charge in [0, 0.05) is 28.7 Å². The Labute approximate surface area is 122 Å². The molecule has 2 rings (SSSR count). The third-order valence-electron chi connectivity index (χ3n) is 3.34. The number of nitrogens with zero attached hydrogens (tertiary/aromatic N) is 2. The molecule has 0 saturated heterocycles. The van der Waals surface area contributed by atoms with Crippen molar-refractivity contribution < 1.29 is 0 Å². The van der Waals surface area contributed by atoms with E-state index < -0.39 is 0 Å². The molecular formula is C15H20BrN3. The largest absolute Gasteiger partial charge is 0.321 e. The van der Waals surface area contributed by atoms with Crippen molar-refractivity contribution >= 4 is 15.9 Å². The lowest BCUT2D eigenvalue weighted by Crippen LogP contribution is -2.36. The molecule has 0 amide bonds. The first-order chi connectivity index (χ1) is 8.92. The van der Waals surface area contributed by atoms with Gasteiger partial charge in [-0.25, -0.2) is 0 Å². The Morgan fingerprint density at radius 2 is 1.95 bits per heavy atom. The normalized spacial score (nSPS) is 14.4. The molecule has 1 aromatic carbocycles. The lowest BCUT2D eigenvalue weighted by atomic mass is 9.88. The van der Waals surface area contributed by atoms with E-state index in [-0.39, 0.29) is 5.54 Å². The molecule has 0 aliphatic heterocycles. The summed E-state index contributed by atoms with van der Waals surface area (Å²) < 4.78 is 3.10. The number of halogens is 1. The van der Waals surface area contributed by atoms with E-state index in [1.807, 2.05) is 23.7 Å². The third-order valence-corrected chi connectivity index (χ3v) is 3.87. The summed E-state index contributed by atoms with van der Waals surface area (Å²) in [5, 5.41) is 4.47. The second-order valence-electron chi connectivity index (χ2n) is 5.19. The number of nitrogens with two attached hydrogens (primary N) is 1. The molecule has 0 bridgehead atoms. The Bertz CT molecular complexity index is 555. The predicted octanol–water partition coefficient (Wildman–Crippen LogP) is 3.39. The van der Waals surface area contributed by atoms with Crippen molar-refractivity contribution in [3.8, 4) is 0 Å². The van der Waals surface area contributed by atoms with Gasteiger partial charge < -0.3 is 5.73 Å². The third kappa shape index (κ3) is 3.25. The Hall–Kier alpha value is -1.13. The SMILES string of the molecule is CCn1nc(C)cc1CC(C)(N)c1ccc(Br)cc1. The van der Waals surface area contributed by atoms with Crippen LogP contribution in [-0.2, 0) is 18.5 Å². The number of rotatable bonds is 4. The minimum atomic E-state index is -0.389. The summed E-state index contributed by atoms with van der Waals surface area (Å²) in [7, 11) is 0. The molecule has 0 radical (unpaired) electrons. The van der Waals surface area contributed by atoms with E-state index in [1.165, 1.54) is 5.69 Å². The van der Waals surface area contributed by atoms with Crippen LogP contribution in [0.3, 0.4) is 0 Å². The molecule has 2 aromatic rings. The van der Waals surface area contributed by atoms with Crippen LogP contribution < -0.4 is 5.73 Å². The highest BCUT2D eigenvalue weighted by Gasteiger charge is 2.23. The quantitative estimate of drug-likeness (QED) is 0.938. The molecule has 1 atom stereocenters. The molecule has 102 valence electrons. The summed E-state index contributed by atoms with van der Waals surface area (Å²) in [6.07, 6.45) is 0.781. The molecule has 0 spiro atoms.